The van der Waals surface area contributed by atoms with Crippen molar-refractivity contribution in [3.8, 4) is 0 Å². The number of hydrogen-bond acceptors (Lipinski definition) is 3. The predicted octanol–water partition coefficient (Wildman–Crippen LogP) is 3.39. The second kappa shape index (κ2) is 9.27. The molecule has 2 saturated heterocycles. The summed E-state index contributed by atoms with van der Waals surface area (Å²) in [6.07, 6.45) is 4.47. The lowest BCUT2D eigenvalue weighted by Gasteiger charge is -2.29. The van der Waals surface area contributed by atoms with Crippen LogP contribution in [0.4, 0.5) is 10.5 Å². The van der Waals surface area contributed by atoms with Gasteiger partial charge in [0.05, 0.1) is 12.2 Å². The summed E-state index contributed by atoms with van der Waals surface area (Å²) < 4.78 is 0. The molecule has 4 rings (SSSR count). The summed E-state index contributed by atoms with van der Waals surface area (Å²) in [5.74, 6) is 0.197. The smallest absolute Gasteiger partial charge is 0.321 e. The van der Waals surface area contributed by atoms with E-state index in [2.05, 4.69) is 10.2 Å². The third-order valence-electron chi connectivity index (χ3n) is 5.97. The fourth-order valence-corrected chi connectivity index (χ4v) is 4.31. The first-order valence-electron chi connectivity index (χ1n) is 10.7. The number of carbonyl (C=O) groups is 2. The van der Waals surface area contributed by atoms with Gasteiger partial charge in [-0.25, -0.2) is 4.79 Å². The van der Waals surface area contributed by atoms with Gasteiger partial charge in [-0.2, -0.15) is 0 Å². The van der Waals surface area contributed by atoms with Crippen molar-refractivity contribution in [2.45, 2.75) is 25.7 Å². The second-order valence-corrected chi connectivity index (χ2v) is 8.02. The highest BCUT2D eigenvalue weighted by Crippen LogP contribution is 2.23. The Bertz CT molecular complexity index is 858. The van der Waals surface area contributed by atoms with E-state index in [1.807, 2.05) is 52.3 Å². The molecule has 0 saturated carbocycles. The Hall–Kier alpha value is -2.60. The van der Waals surface area contributed by atoms with Gasteiger partial charge in [-0.15, -0.1) is 0 Å². The van der Waals surface area contributed by atoms with Gasteiger partial charge in [0.25, 0.3) is 0 Å². The zero-order valence-corrected chi connectivity index (χ0v) is 17.0. The van der Waals surface area contributed by atoms with E-state index in [1.165, 1.54) is 19.3 Å². The fraction of sp³-hybridized carbons (Fsp3) is 0.478. The molecule has 2 aliphatic heterocycles. The highest BCUT2D eigenvalue weighted by Gasteiger charge is 2.24. The SMILES string of the molecule is O=C(CN1CCCCC1)N1CCCN(C(=O)Nc2cccc3ccccc23)CC1. The highest BCUT2D eigenvalue weighted by molar-refractivity contribution is 6.01. The molecule has 0 atom stereocenters. The van der Waals surface area contributed by atoms with Crippen molar-refractivity contribution in [1.82, 2.24) is 14.7 Å². The molecule has 0 radical (unpaired) electrons. The molecule has 2 aromatic carbocycles. The van der Waals surface area contributed by atoms with Crippen molar-refractivity contribution in [3.63, 3.8) is 0 Å². The van der Waals surface area contributed by atoms with E-state index < -0.39 is 0 Å². The van der Waals surface area contributed by atoms with Crippen LogP contribution in [0.3, 0.4) is 0 Å². The van der Waals surface area contributed by atoms with E-state index in [0.717, 1.165) is 42.5 Å². The van der Waals surface area contributed by atoms with E-state index in [0.29, 0.717) is 26.2 Å². The molecule has 3 amide bonds. The van der Waals surface area contributed by atoms with Gasteiger partial charge in [-0.1, -0.05) is 42.8 Å². The van der Waals surface area contributed by atoms with Gasteiger partial charge in [0.15, 0.2) is 0 Å². The number of nitrogens with one attached hydrogen (secondary N) is 1. The van der Waals surface area contributed by atoms with Gasteiger partial charge in [-0.05, 0) is 43.8 Å². The van der Waals surface area contributed by atoms with Crippen LogP contribution in [-0.2, 0) is 4.79 Å². The number of likely N-dealkylation sites (tertiary alicyclic amines) is 1. The van der Waals surface area contributed by atoms with Crippen molar-refractivity contribution in [2.24, 2.45) is 0 Å². The van der Waals surface area contributed by atoms with E-state index >= 15 is 0 Å². The molecule has 0 bridgehead atoms. The van der Waals surface area contributed by atoms with Crippen molar-refractivity contribution < 1.29 is 9.59 Å². The number of piperidine rings is 1. The summed E-state index contributed by atoms with van der Waals surface area (Å²) in [5, 5.41) is 5.21. The summed E-state index contributed by atoms with van der Waals surface area (Å²) in [7, 11) is 0. The molecule has 0 unspecified atom stereocenters. The van der Waals surface area contributed by atoms with Crippen LogP contribution >= 0.6 is 0 Å². The molecule has 6 heteroatoms. The molecule has 0 aliphatic carbocycles. The quantitative estimate of drug-likeness (QED) is 0.868. The first-order chi connectivity index (χ1) is 14.2. The lowest BCUT2D eigenvalue weighted by atomic mass is 10.1. The van der Waals surface area contributed by atoms with Crippen molar-refractivity contribution in [1.29, 1.82) is 0 Å². The summed E-state index contributed by atoms with van der Waals surface area (Å²) in [6, 6.07) is 13.9. The molecule has 2 aromatic rings. The van der Waals surface area contributed by atoms with Gasteiger partial charge < -0.3 is 15.1 Å². The van der Waals surface area contributed by atoms with Crippen LogP contribution in [0.25, 0.3) is 10.8 Å². The molecule has 0 spiro atoms. The maximum atomic E-state index is 12.9. The van der Waals surface area contributed by atoms with E-state index in [4.69, 9.17) is 0 Å². The fourth-order valence-electron chi connectivity index (χ4n) is 4.31. The molecule has 2 aliphatic rings. The molecule has 2 heterocycles. The average molecular weight is 395 g/mol. The maximum Gasteiger partial charge on any atom is 0.321 e. The Morgan fingerprint density at radius 3 is 2.34 bits per heavy atom. The number of fused-ring (bicyclic) bond motifs is 1. The average Bonchev–Trinajstić information content (AvgIpc) is 3.01. The Kier molecular flexibility index (Phi) is 6.30. The number of rotatable bonds is 3. The Labute approximate surface area is 172 Å². The van der Waals surface area contributed by atoms with E-state index in [1.54, 1.807) is 0 Å². The van der Waals surface area contributed by atoms with Crippen molar-refractivity contribution >= 4 is 28.4 Å². The molecule has 1 N–H and O–H groups in total. The molecule has 6 nitrogen and oxygen atoms in total. The van der Waals surface area contributed by atoms with Crippen LogP contribution in [0.2, 0.25) is 0 Å². The summed E-state index contributed by atoms with van der Waals surface area (Å²) in [5.41, 5.74) is 0.829. The van der Waals surface area contributed by atoms with Crippen molar-refractivity contribution in [3.05, 3.63) is 42.5 Å². The Balaban J connectivity index is 1.34. The molecular formula is C23H30N4O2. The molecule has 29 heavy (non-hydrogen) atoms. The summed E-state index contributed by atoms with van der Waals surface area (Å²) >= 11 is 0. The number of hydrogen-bond donors (Lipinski definition) is 1. The number of benzene rings is 2. The number of amides is 3. The third-order valence-corrected chi connectivity index (χ3v) is 5.97. The monoisotopic (exact) mass is 394 g/mol. The topological polar surface area (TPSA) is 55.9 Å². The first-order valence-corrected chi connectivity index (χ1v) is 10.7. The highest BCUT2D eigenvalue weighted by atomic mass is 16.2. The largest absolute Gasteiger partial charge is 0.340 e. The van der Waals surface area contributed by atoms with Gasteiger partial charge in [0.2, 0.25) is 5.91 Å². The van der Waals surface area contributed by atoms with Crippen molar-refractivity contribution in [2.75, 3.05) is 51.1 Å². The second-order valence-electron chi connectivity index (χ2n) is 8.02. The molecular weight excluding hydrogens is 364 g/mol. The van der Waals surface area contributed by atoms with Gasteiger partial charge >= 0.3 is 6.03 Å². The minimum absolute atomic E-state index is 0.0910. The molecule has 2 fully saturated rings. The zero-order valence-electron chi connectivity index (χ0n) is 17.0. The van der Waals surface area contributed by atoms with Crippen LogP contribution in [-0.4, -0.2) is 72.5 Å². The summed E-state index contributed by atoms with van der Waals surface area (Å²) in [6.45, 7) is 5.15. The van der Waals surface area contributed by atoms with Crippen LogP contribution in [0.15, 0.2) is 42.5 Å². The molecule has 0 aromatic heterocycles. The zero-order chi connectivity index (χ0) is 20.1. The third kappa shape index (κ3) is 4.88. The number of anilines is 1. The maximum absolute atomic E-state index is 12.9. The molecule has 154 valence electrons. The lowest BCUT2D eigenvalue weighted by molar-refractivity contribution is -0.132. The Morgan fingerprint density at radius 2 is 1.48 bits per heavy atom. The lowest BCUT2D eigenvalue weighted by Crippen LogP contribution is -2.44. The van der Waals surface area contributed by atoms with Gasteiger partial charge in [0.1, 0.15) is 0 Å². The van der Waals surface area contributed by atoms with Gasteiger partial charge in [0, 0.05) is 31.6 Å². The summed E-state index contributed by atoms with van der Waals surface area (Å²) in [4.78, 5) is 31.6. The minimum atomic E-state index is -0.0910. The normalized spacial score (nSPS) is 18.5. The van der Waals surface area contributed by atoms with Crippen LogP contribution in [0.1, 0.15) is 25.7 Å². The van der Waals surface area contributed by atoms with E-state index in [9.17, 15) is 9.59 Å². The van der Waals surface area contributed by atoms with Gasteiger partial charge in [-0.3, -0.25) is 9.69 Å². The van der Waals surface area contributed by atoms with Crippen LogP contribution < -0.4 is 5.32 Å². The number of nitrogens with zero attached hydrogens (tertiary/aromatic N) is 3. The number of carbonyl (C=O) groups excluding carboxylic acids is 2. The van der Waals surface area contributed by atoms with Crippen LogP contribution in [0.5, 0.6) is 0 Å². The van der Waals surface area contributed by atoms with Crippen LogP contribution in [0, 0.1) is 0 Å². The Morgan fingerprint density at radius 1 is 0.759 bits per heavy atom. The van der Waals surface area contributed by atoms with E-state index in [-0.39, 0.29) is 11.9 Å². The number of urea groups is 1. The first kappa shape index (κ1) is 19.7. The minimum Gasteiger partial charge on any atom is -0.340 e. The standard InChI is InChI=1S/C23H30N4O2/c28-22(18-25-12-4-1-5-13-25)26-14-7-15-27(17-16-26)23(29)24-21-11-6-9-19-8-2-3-10-20(19)21/h2-3,6,8-11H,1,4-5,7,12-18H2,(H,24,29). The predicted molar refractivity (Wildman–Crippen MR) is 116 cm³/mol.